The lowest BCUT2D eigenvalue weighted by Crippen LogP contribution is -2.41. The molecule has 1 aliphatic rings. The molecule has 2 aromatic carbocycles. The summed E-state index contributed by atoms with van der Waals surface area (Å²) >= 11 is 6.32. The zero-order valence-electron chi connectivity index (χ0n) is 19.9. The molecule has 0 bridgehead atoms. The first-order valence-corrected chi connectivity index (χ1v) is 12.1. The maximum atomic E-state index is 12.5. The highest BCUT2D eigenvalue weighted by Gasteiger charge is 2.14. The lowest BCUT2D eigenvalue weighted by molar-refractivity contribution is 0.0383. The lowest BCUT2D eigenvalue weighted by Gasteiger charge is -2.26. The summed E-state index contributed by atoms with van der Waals surface area (Å²) < 4.78 is 12.6. The number of nitrogens with one attached hydrogen (secondary N) is 2. The first-order valence-electron chi connectivity index (χ1n) is 11.7. The molecule has 0 saturated carbocycles. The second kappa shape index (κ2) is 10.9. The number of fused-ring (bicyclic) bond motifs is 1. The van der Waals surface area contributed by atoms with Crippen molar-refractivity contribution >= 4 is 34.7 Å². The summed E-state index contributed by atoms with van der Waals surface area (Å²) in [4.78, 5) is 23.8. The van der Waals surface area contributed by atoms with Crippen LogP contribution in [-0.4, -0.2) is 71.7 Å². The summed E-state index contributed by atoms with van der Waals surface area (Å²) in [5.74, 6) is 1.13. The summed E-state index contributed by atoms with van der Waals surface area (Å²) in [6, 6.07) is 12.9. The fourth-order valence-corrected chi connectivity index (χ4v) is 4.40. The van der Waals surface area contributed by atoms with Gasteiger partial charge in [-0.3, -0.25) is 14.1 Å². The zero-order chi connectivity index (χ0) is 24.9. The van der Waals surface area contributed by atoms with Crippen LogP contribution in [0.4, 0.5) is 11.5 Å². The minimum Gasteiger partial charge on any atom is -0.495 e. The first kappa shape index (κ1) is 24.1. The van der Waals surface area contributed by atoms with Gasteiger partial charge in [-0.15, -0.1) is 0 Å². The van der Waals surface area contributed by atoms with Crippen LogP contribution < -0.4 is 15.4 Å². The van der Waals surface area contributed by atoms with Gasteiger partial charge in [0.25, 0.3) is 5.91 Å². The Morgan fingerprint density at radius 3 is 2.69 bits per heavy atom. The minimum atomic E-state index is -0.0916. The molecular weight excluding hydrogens is 480 g/mol. The molecule has 1 fully saturated rings. The van der Waals surface area contributed by atoms with Gasteiger partial charge < -0.3 is 20.1 Å². The number of benzene rings is 2. The monoisotopic (exact) mass is 506 g/mol. The molecule has 4 aromatic rings. The van der Waals surface area contributed by atoms with Gasteiger partial charge in [0.1, 0.15) is 5.75 Å². The average molecular weight is 507 g/mol. The van der Waals surface area contributed by atoms with E-state index in [1.807, 2.05) is 40.9 Å². The number of carbonyl (C=O) groups excluding carboxylic acids is 1. The second-order valence-corrected chi connectivity index (χ2v) is 8.78. The molecule has 0 unspecified atom stereocenters. The Bertz CT molecular complexity index is 1350. The third kappa shape index (κ3) is 5.28. The number of hydrogen-bond donors (Lipinski definition) is 2. The Kier molecular flexibility index (Phi) is 7.31. The number of nitrogens with zero attached hydrogens (tertiary/aromatic N) is 4. The first-order chi connectivity index (χ1) is 17.6. The Labute approximate surface area is 214 Å². The second-order valence-electron chi connectivity index (χ2n) is 8.37. The topological polar surface area (TPSA) is 93.0 Å². The van der Waals surface area contributed by atoms with Crippen molar-refractivity contribution in [2.24, 2.45) is 0 Å². The van der Waals surface area contributed by atoms with Crippen molar-refractivity contribution in [3.63, 3.8) is 0 Å². The van der Waals surface area contributed by atoms with E-state index in [-0.39, 0.29) is 5.91 Å². The predicted molar refractivity (Wildman–Crippen MR) is 139 cm³/mol. The van der Waals surface area contributed by atoms with E-state index in [1.165, 1.54) is 0 Å². The number of carbonyl (C=O) groups is 1. The Morgan fingerprint density at radius 2 is 1.94 bits per heavy atom. The van der Waals surface area contributed by atoms with Crippen LogP contribution in [-0.2, 0) is 4.74 Å². The molecule has 1 aliphatic heterocycles. The number of anilines is 2. The molecule has 2 N–H and O–H groups in total. The van der Waals surface area contributed by atoms with Gasteiger partial charge in [-0.25, -0.2) is 9.97 Å². The molecule has 5 rings (SSSR count). The summed E-state index contributed by atoms with van der Waals surface area (Å²) in [7, 11) is 1.59. The molecular formula is C26H27ClN6O3. The largest absolute Gasteiger partial charge is 0.495 e. The molecule has 36 heavy (non-hydrogen) atoms. The van der Waals surface area contributed by atoms with E-state index >= 15 is 0 Å². The van der Waals surface area contributed by atoms with Gasteiger partial charge in [-0.1, -0.05) is 11.6 Å². The molecule has 3 heterocycles. The molecule has 0 spiro atoms. The normalized spacial score (nSPS) is 14.1. The molecule has 0 atom stereocenters. The van der Waals surface area contributed by atoms with E-state index in [4.69, 9.17) is 21.1 Å². The molecule has 9 nitrogen and oxygen atoms in total. The fraction of sp³-hybridized carbons (Fsp3) is 0.269. The van der Waals surface area contributed by atoms with Gasteiger partial charge in [-0.2, -0.15) is 0 Å². The van der Waals surface area contributed by atoms with Crippen LogP contribution in [0.3, 0.4) is 0 Å². The van der Waals surface area contributed by atoms with Crippen molar-refractivity contribution in [2.75, 3.05) is 51.8 Å². The number of hydrogen-bond acceptors (Lipinski definition) is 7. The quantitative estimate of drug-likeness (QED) is 0.375. The highest BCUT2D eigenvalue weighted by atomic mass is 35.5. The zero-order valence-corrected chi connectivity index (χ0v) is 20.7. The van der Waals surface area contributed by atoms with E-state index in [0.29, 0.717) is 34.3 Å². The molecule has 10 heteroatoms. The molecule has 186 valence electrons. The van der Waals surface area contributed by atoms with Crippen molar-refractivity contribution in [3.05, 3.63) is 71.6 Å². The summed E-state index contributed by atoms with van der Waals surface area (Å²) in [5, 5.41) is 6.82. The standard InChI is InChI=1S/C26H27ClN6O3/c1-35-23-7-4-19(16-21(23)27)22-17-30-25-24(28-9-11-33(22)25)31-20-5-2-18(3-6-20)26(34)29-8-10-32-12-14-36-15-13-32/h2-7,9,11,16-17H,8,10,12-15H2,1H3,(H,28,31)(H,29,34). The van der Waals surface area contributed by atoms with Gasteiger partial charge in [0, 0.05) is 55.4 Å². The Balaban J connectivity index is 1.26. The number of amides is 1. The van der Waals surface area contributed by atoms with Gasteiger partial charge in [-0.05, 0) is 42.5 Å². The smallest absolute Gasteiger partial charge is 0.251 e. The third-order valence-electron chi connectivity index (χ3n) is 6.10. The van der Waals surface area contributed by atoms with E-state index in [2.05, 4.69) is 25.5 Å². The fourth-order valence-electron chi connectivity index (χ4n) is 4.14. The Hall–Kier alpha value is -3.66. The van der Waals surface area contributed by atoms with Crippen molar-refractivity contribution in [3.8, 4) is 17.0 Å². The number of imidazole rings is 1. The van der Waals surface area contributed by atoms with Gasteiger partial charge in [0.05, 0.1) is 37.2 Å². The maximum Gasteiger partial charge on any atom is 0.251 e. The van der Waals surface area contributed by atoms with Crippen LogP contribution >= 0.6 is 11.6 Å². The van der Waals surface area contributed by atoms with Crippen LogP contribution in [0.2, 0.25) is 5.02 Å². The number of morpholine rings is 1. The average Bonchev–Trinajstić information content (AvgIpc) is 3.35. The number of halogens is 1. The van der Waals surface area contributed by atoms with E-state index in [0.717, 1.165) is 49.8 Å². The van der Waals surface area contributed by atoms with Gasteiger partial charge >= 0.3 is 0 Å². The summed E-state index contributed by atoms with van der Waals surface area (Å²) in [6.07, 6.45) is 5.35. The van der Waals surface area contributed by atoms with Crippen LogP contribution in [0.25, 0.3) is 16.9 Å². The third-order valence-corrected chi connectivity index (χ3v) is 6.40. The van der Waals surface area contributed by atoms with Crippen LogP contribution in [0.5, 0.6) is 5.75 Å². The van der Waals surface area contributed by atoms with Crippen LogP contribution in [0.1, 0.15) is 10.4 Å². The summed E-state index contributed by atoms with van der Waals surface area (Å²) in [6.45, 7) is 4.74. The van der Waals surface area contributed by atoms with Gasteiger partial charge in [0.2, 0.25) is 0 Å². The van der Waals surface area contributed by atoms with E-state index in [1.54, 1.807) is 31.6 Å². The molecule has 1 saturated heterocycles. The number of rotatable bonds is 8. The highest BCUT2D eigenvalue weighted by Crippen LogP contribution is 2.31. The Morgan fingerprint density at radius 1 is 1.14 bits per heavy atom. The van der Waals surface area contributed by atoms with Crippen molar-refractivity contribution < 1.29 is 14.3 Å². The minimum absolute atomic E-state index is 0.0916. The highest BCUT2D eigenvalue weighted by molar-refractivity contribution is 6.32. The predicted octanol–water partition coefficient (Wildman–Crippen LogP) is 3.86. The van der Waals surface area contributed by atoms with E-state index in [9.17, 15) is 4.79 Å². The van der Waals surface area contributed by atoms with Crippen molar-refractivity contribution in [1.29, 1.82) is 0 Å². The lowest BCUT2D eigenvalue weighted by atomic mass is 10.1. The van der Waals surface area contributed by atoms with E-state index < -0.39 is 0 Å². The molecule has 0 aliphatic carbocycles. The number of ether oxygens (including phenoxy) is 2. The number of aromatic nitrogens is 3. The van der Waals surface area contributed by atoms with Crippen molar-refractivity contribution in [2.45, 2.75) is 0 Å². The van der Waals surface area contributed by atoms with Crippen LogP contribution in [0, 0.1) is 0 Å². The number of methoxy groups -OCH3 is 1. The molecule has 2 aromatic heterocycles. The molecule has 0 radical (unpaired) electrons. The SMILES string of the molecule is COc1ccc(-c2cnc3c(Nc4ccc(C(=O)NCCN5CCOCC5)cc4)nccn23)cc1Cl. The summed E-state index contributed by atoms with van der Waals surface area (Å²) in [5.41, 5.74) is 3.87. The van der Waals surface area contributed by atoms with Gasteiger partial charge in [0.15, 0.2) is 11.5 Å². The maximum absolute atomic E-state index is 12.5. The van der Waals surface area contributed by atoms with Crippen molar-refractivity contribution in [1.82, 2.24) is 24.6 Å². The molecule has 1 amide bonds. The van der Waals surface area contributed by atoms with Crippen LogP contribution in [0.15, 0.2) is 61.1 Å².